The zero-order valence-corrected chi connectivity index (χ0v) is 18.6. The van der Waals surface area contributed by atoms with Crippen LogP contribution in [-0.2, 0) is 14.2 Å². The Bertz CT molecular complexity index is 1180. The lowest BCUT2D eigenvalue weighted by atomic mass is 10.2. The van der Waals surface area contributed by atoms with Crippen molar-refractivity contribution >= 4 is 56.3 Å². The highest BCUT2D eigenvalue weighted by atomic mass is 32.2. The fourth-order valence-corrected chi connectivity index (χ4v) is 5.14. The van der Waals surface area contributed by atoms with Gasteiger partial charge in [-0.15, -0.1) is 11.8 Å². The predicted octanol–water partition coefficient (Wildman–Crippen LogP) is 3.12. The van der Waals surface area contributed by atoms with E-state index in [1.165, 1.54) is 23.6 Å². The van der Waals surface area contributed by atoms with Gasteiger partial charge in [0.2, 0.25) is 0 Å². The van der Waals surface area contributed by atoms with Crippen LogP contribution in [0.15, 0.2) is 52.6 Å². The SMILES string of the molecule is CN(c1cc(OCCOS)cc2cc(C3=NCCS3)[nH]c12)S(=O)(=O)c1ccccn1. The van der Waals surface area contributed by atoms with E-state index in [0.29, 0.717) is 23.6 Å². The predicted molar refractivity (Wildman–Crippen MR) is 122 cm³/mol. The number of nitrogens with one attached hydrogen (secondary N) is 1. The number of H-pyrrole nitrogens is 1. The molecule has 158 valence electrons. The van der Waals surface area contributed by atoms with Gasteiger partial charge in [-0.25, -0.2) is 4.98 Å². The molecule has 0 aliphatic carbocycles. The van der Waals surface area contributed by atoms with Crippen LogP contribution in [0.2, 0.25) is 0 Å². The number of aromatic nitrogens is 2. The van der Waals surface area contributed by atoms with Crippen molar-refractivity contribution in [2.24, 2.45) is 4.99 Å². The summed E-state index contributed by atoms with van der Waals surface area (Å²) in [5, 5.41) is 1.71. The van der Waals surface area contributed by atoms with E-state index in [-0.39, 0.29) is 11.6 Å². The number of sulfonamides is 1. The number of benzene rings is 1. The number of hydrogen-bond donors (Lipinski definition) is 2. The van der Waals surface area contributed by atoms with E-state index in [0.717, 1.165) is 28.4 Å². The summed E-state index contributed by atoms with van der Waals surface area (Å²) in [5.41, 5.74) is 1.99. The van der Waals surface area contributed by atoms with Gasteiger partial charge in [-0.2, -0.15) is 8.42 Å². The molecule has 4 rings (SSSR count). The van der Waals surface area contributed by atoms with Crippen LogP contribution in [0, 0.1) is 0 Å². The van der Waals surface area contributed by atoms with Crippen molar-refractivity contribution in [1.29, 1.82) is 0 Å². The number of nitrogens with zero attached hydrogens (tertiary/aromatic N) is 3. The smallest absolute Gasteiger partial charge is 0.281 e. The Hall–Kier alpha value is -2.21. The van der Waals surface area contributed by atoms with Crippen molar-refractivity contribution in [3.63, 3.8) is 0 Å². The highest BCUT2D eigenvalue weighted by molar-refractivity contribution is 8.14. The minimum absolute atomic E-state index is 0.0297. The molecule has 0 bridgehead atoms. The molecule has 3 heterocycles. The molecule has 2 aromatic heterocycles. The van der Waals surface area contributed by atoms with E-state index in [1.54, 1.807) is 30.0 Å². The Morgan fingerprint density at radius 2 is 2.13 bits per heavy atom. The maximum absolute atomic E-state index is 13.2. The molecule has 1 N–H and O–H groups in total. The molecule has 0 atom stereocenters. The number of fused-ring (bicyclic) bond motifs is 1. The van der Waals surface area contributed by atoms with Gasteiger partial charge in [0, 0.05) is 37.0 Å². The summed E-state index contributed by atoms with van der Waals surface area (Å²) in [6, 6.07) is 10.3. The second-order valence-corrected chi connectivity index (χ2v) is 9.71. The lowest BCUT2D eigenvalue weighted by Gasteiger charge is -2.20. The summed E-state index contributed by atoms with van der Waals surface area (Å²) in [6.07, 6.45) is 1.45. The van der Waals surface area contributed by atoms with Crippen LogP contribution in [0.1, 0.15) is 5.69 Å². The lowest BCUT2D eigenvalue weighted by Crippen LogP contribution is -2.27. The summed E-state index contributed by atoms with van der Waals surface area (Å²) >= 11 is 5.38. The number of ether oxygens (including phenoxy) is 1. The van der Waals surface area contributed by atoms with Gasteiger partial charge in [0.1, 0.15) is 17.4 Å². The van der Waals surface area contributed by atoms with Crippen LogP contribution >= 0.6 is 24.7 Å². The van der Waals surface area contributed by atoms with Gasteiger partial charge in [0.25, 0.3) is 10.0 Å². The lowest BCUT2D eigenvalue weighted by molar-refractivity contribution is 0.241. The Morgan fingerprint density at radius 1 is 1.27 bits per heavy atom. The monoisotopic (exact) mass is 464 g/mol. The maximum Gasteiger partial charge on any atom is 0.281 e. The van der Waals surface area contributed by atoms with Crippen molar-refractivity contribution in [3.8, 4) is 5.75 Å². The van der Waals surface area contributed by atoms with Gasteiger partial charge in [0.15, 0.2) is 5.03 Å². The molecule has 0 fully saturated rings. The standard InChI is InChI=1S/C19H20N4O4S3/c1-23(30(24,25)17-4-2-3-5-20-17)16-12-14(26-7-8-27-28)10-13-11-15(22-18(13)16)19-21-6-9-29-19/h2-5,10-12,22,28H,6-9H2,1H3. The van der Waals surface area contributed by atoms with Gasteiger partial charge in [0.05, 0.1) is 23.5 Å². The van der Waals surface area contributed by atoms with Crippen molar-refractivity contribution in [2.45, 2.75) is 5.03 Å². The third-order valence-corrected chi connectivity index (χ3v) is 7.42. The first-order chi connectivity index (χ1) is 14.5. The van der Waals surface area contributed by atoms with E-state index in [1.807, 2.05) is 12.1 Å². The average molecular weight is 465 g/mol. The molecule has 0 amide bonds. The molecular weight excluding hydrogens is 444 g/mol. The number of rotatable bonds is 8. The number of thioether (sulfide) groups is 1. The Kier molecular flexibility index (Phi) is 6.23. The van der Waals surface area contributed by atoms with Crippen LogP contribution < -0.4 is 9.04 Å². The van der Waals surface area contributed by atoms with Crippen LogP contribution in [-0.4, -0.2) is 56.0 Å². The van der Waals surface area contributed by atoms with Gasteiger partial charge in [-0.3, -0.25) is 9.30 Å². The summed E-state index contributed by atoms with van der Waals surface area (Å²) < 4.78 is 38.0. The summed E-state index contributed by atoms with van der Waals surface area (Å²) in [7, 11) is -2.36. The Balaban J connectivity index is 1.81. The van der Waals surface area contributed by atoms with E-state index < -0.39 is 10.0 Å². The summed E-state index contributed by atoms with van der Waals surface area (Å²) in [5.74, 6) is 1.46. The molecule has 0 saturated heterocycles. The zero-order chi connectivity index (χ0) is 21.1. The summed E-state index contributed by atoms with van der Waals surface area (Å²) in [4.78, 5) is 11.8. The minimum Gasteiger partial charge on any atom is -0.491 e. The molecule has 0 radical (unpaired) electrons. The second-order valence-electron chi connectivity index (χ2n) is 6.45. The van der Waals surface area contributed by atoms with Crippen LogP contribution in [0.5, 0.6) is 5.75 Å². The largest absolute Gasteiger partial charge is 0.491 e. The molecule has 8 nitrogen and oxygen atoms in total. The molecule has 1 aliphatic heterocycles. The Labute approximate surface area is 184 Å². The number of aliphatic imine (C=N–C) groups is 1. The molecule has 0 spiro atoms. The zero-order valence-electron chi connectivity index (χ0n) is 16.1. The quantitative estimate of drug-likeness (QED) is 0.302. The van der Waals surface area contributed by atoms with E-state index >= 15 is 0 Å². The highest BCUT2D eigenvalue weighted by Gasteiger charge is 2.26. The van der Waals surface area contributed by atoms with Crippen molar-refractivity contribution in [1.82, 2.24) is 9.97 Å². The van der Waals surface area contributed by atoms with Gasteiger partial charge < -0.3 is 13.9 Å². The molecule has 0 saturated carbocycles. The third-order valence-electron chi connectivity index (χ3n) is 4.54. The number of hydrogen-bond acceptors (Lipinski definition) is 8. The second kappa shape index (κ2) is 8.88. The van der Waals surface area contributed by atoms with E-state index in [2.05, 4.69) is 27.9 Å². The number of aromatic amines is 1. The van der Waals surface area contributed by atoms with Crippen molar-refractivity contribution in [2.75, 3.05) is 36.9 Å². The maximum atomic E-state index is 13.2. The molecule has 30 heavy (non-hydrogen) atoms. The molecule has 1 aliphatic rings. The average Bonchev–Trinajstić information content (AvgIpc) is 3.43. The molecule has 11 heteroatoms. The summed E-state index contributed by atoms with van der Waals surface area (Å²) in [6.45, 7) is 1.35. The molecule has 3 aromatic rings. The van der Waals surface area contributed by atoms with Gasteiger partial charge in [-0.1, -0.05) is 6.07 Å². The number of pyridine rings is 1. The fourth-order valence-electron chi connectivity index (χ4n) is 3.11. The molecule has 1 aromatic carbocycles. The number of thiol groups is 1. The first kappa shape index (κ1) is 21.0. The first-order valence-corrected chi connectivity index (χ1v) is 11.9. The highest BCUT2D eigenvalue weighted by Crippen LogP contribution is 2.35. The van der Waals surface area contributed by atoms with Crippen LogP contribution in [0.4, 0.5) is 5.69 Å². The van der Waals surface area contributed by atoms with Crippen LogP contribution in [0.3, 0.4) is 0 Å². The normalized spacial score (nSPS) is 14.1. The Morgan fingerprint density at radius 3 is 2.83 bits per heavy atom. The fraction of sp³-hybridized carbons (Fsp3) is 0.263. The minimum atomic E-state index is -3.86. The van der Waals surface area contributed by atoms with E-state index in [4.69, 9.17) is 8.92 Å². The van der Waals surface area contributed by atoms with Crippen molar-refractivity contribution < 1.29 is 17.3 Å². The molecular formula is C19H20N4O4S3. The molecule has 0 unspecified atom stereocenters. The van der Waals surface area contributed by atoms with Crippen molar-refractivity contribution in [3.05, 3.63) is 48.3 Å². The van der Waals surface area contributed by atoms with Gasteiger partial charge >= 0.3 is 0 Å². The van der Waals surface area contributed by atoms with Crippen LogP contribution in [0.25, 0.3) is 10.9 Å². The topological polar surface area (TPSA) is 96.9 Å². The number of anilines is 1. The van der Waals surface area contributed by atoms with E-state index in [9.17, 15) is 8.42 Å². The first-order valence-electron chi connectivity index (χ1n) is 9.14. The van der Waals surface area contributed by atoms with Gasteiger partial charge in [-0.05, 0) is 37.2 Å². The third kappa shape index (κ3) is 4.15.